The Labute approximate surface area is 203 Å². The molecule has 1 aromatic carbocycles. The number of amides is 4. The number of nitrogens with one attached hydrogen (secondary N) is 1. The number of benzene rings is 1. The molecule has 0 aromatic heterocycles. The number of hydrogen-bond acceptors (Lipinski definition) is 4. The Morgan fingerprint density at radius 2 is 1.79 bits per heavy atom. The molecule has 1 N–H and O–H groups in total. The van der Waals surface area contributed by atoms with Crippen molar-refractivity contribution in [2.75, 3.05) is 6.54 Å². The van der Waals surface area contributed by atoms with Crippen molar-refractivity contribution in [1.29, 1.82) is 0 Å². The zero-order valence-corrected chi connectivity index (χ0v) is 21.0. The predicted octanol–water partition coefficient (Wildman–Crippen LogP) is 3.42. The molecule has 2 aliphatic rings. The lowest BCUT2D eigenvalue weighted by Gasteiger charge is -2.30. The van der Waals surface area contributed by atoms with E-state index in [0.717, 1.165) is 16.5 Å². The molecular formula is C25H32BrN3O4. The highest BCUT2D eigenvalue weighted by Crippen LogP contribution is 2.35. The number of likely N-dealkylation sites (tertiary alicyclic amines) is 1. The van der Waals surface area contributed by atoms with Crippen LogP contribution in [0.1, 0.15) is 52.0 Å². The van der Waals surface area contributed by atoms with Crippen LogP contribution in [0.2, 0.25) is 0 Å². The maximum atomic E-state index is 13.3. The van der Waals surface area contributed by atoms with E-state index in [2.05, 4.69) is 21.2 Å². The van der Waals surface area contributed by atoms with E-state index in [1.54, 1.807) is 6.92 Å². The lowest BCUT2D eigenvalue weighted by atomic mass is 9.85. The number of halogens is 1. The van der Waals surface area contributed by atoms with Crippen LogP contribution in [0.4, 0.5) is 0 Å². The van der Waals surface area contributed by atoms with Gasteiger partial charge in [0.2, 0.25) is 23.6 Å². The zero-order valence-electron chi connectivity index (χ0n) is 19.4. The molecule has 4 atom stereocenters. The van der Waals surface area contributed by atoms with Gasteiger partial charge in [0.15, 0.2) is 0 Å². The molecule has 33 heavy (non-hydrogen) atoms. The van der Waals surface area contributed by atoms with Crippen LogP contribution in [-0.2, 0) is 25.7 Å². The van der Waals surface area contributed by atoms with Crippen molar-refractivity contribution in [3.63, 3.8) is 0 Å². The topological polar surface area (TPSA) is 86.8 Å². The van der Waals surface area contributed by atoms with E-state index in [-0.39, 0.29) is 61.0 Å². The molecular weight excluding hydrogens is 486 g/mol. The van der Waals surface area contributed by atoms with Crippen LogP contribution in [0.15, 0.2) is 40.9 Å². The Morgan fingerprint density at radius 3 is 2.36 bits per heavy atom. The van der Waals surface area contributed by atoms with Crippen molar-refractivity contribution in [2.24, 2.45) is 11.8 Å². The largest absolute Gasteiger partial charge is 0.352 e. The highest BCUT2D eigenvalue weighted by molar-refractivity contribution is 9.10. The van der Waals surface area contributed by atoms with Gasteiger partial charge in [-0.3, -0.25) is 24.1 Å². The Hall–Kier alpha value is -2.48. The molecule has 7 nitrogen and oxygen atoms in total. The Bertz CT molecular complexity index is 921. The number of nitrogens with zero attached hydrogens (tertiary/aromatic N) is 2. The van der Waals surface area contributed by atoms with Crippen molar-refractivity contribution < 1.29 is 19.2 Å². The van der Waals surface area contributed by atoms with Crippen molar-refractivity contribution in [3.8, 4) is 0 Å². The summed E-state index contributed by atoms with van der Waals surface area (Å²) in [6.07, 6.45) is 5.80. The summed E-state index contributed by atoms with van der Waals surface area (Å²) in [6.45, 7) is 5.91. The SMILES string of the molecule is CC[C@H](C)NC(=O)[C@H](C)N(Cc1cccc(Br)c1)C(=O)CCN1C(=O)[C@H]2CC=CC[C@H]2C1=O. The number of carbonyl (C=O) groups is 4. The number of carbonyl (C=O) groups excluding carboxylic acids is 4. The Balaban J connectivity index is 1.72. The molecule has 8 heteroatoms. The van der Waals surface area contributed by atoms with E-state index in [0.29, 0.717) is 12.8 Å². The monoisotopic (exact) mass is 517 g/mol. The molecule has 0 bridgehead atoms. The predicted molar refractivity (Wildman–Crippen MR) is 129 cm³/mol. The number of fused-ring (bicyclic) bond motifs is 1. The first-order valence-corrected chi connectivity index (χ1v) is 12.4. The first-order valence-electron chi connectivity index (χ1n) is 11.6. The second-order valence-corrected chi connectivity index (χ2v) is 9.80. The van der Waals surface area contributed by atoms with Crippen molar-refractivity contribution in [1.82, 2.24) is 15.1 Å². The average molecular weight is 518 g/mol. The fourth-order valence-corrected chi connectivity index (χ4v) is 4.77. The van der Waals surface area contributed by atoms with E-state index in [9.17, 15) is 19.2 Å². The van der Waals surface area contributed by atoms with Gasteiger partial charge in [-0.15, -0.1) is 0 Å². The van der Waals surface area contributed by atoms with Gasteiger partial charge in [-0.1, -0.05) is 47.1 Å². The fraction of sp³-hybridized carbons (Fsp3) is 0.520. The standard InChI is InChI=1S/C25H32BrN3O4/c1-4-16(2)27-23(31)17(3)29(15-18-8-7-9-19(26)14-18)22(30)12-13-28-24(32)20-10-5-6-11-21(20)25(28)33/h5-9,14,16-17,20-21H,4,10-13,15H2,1-3H3,(H,27,31)/t16-,17-,20-,21+/m0/s1. The number of allylic oxidation sites excluding steroid dienone is 2. The molecule has 1 fully saturated rings. The highest BCUT2D eigenvalue weighted by atomic mass is 79.9. The maximum Gasteiger partial charge on any atom is 0.242 e. The van der Waals surface area contributed by atoms with Crippen LogP contribution in [0.5, 0.6) is 0 Å². The zero-order chi connectivity index (χ0) is 24.1. The van der Waals surface area contributed by atoms with E-state index in [1.807, 2.05) is 50.3 Å². The fourth-order valence-electron chi connectivity index (χ4n) is 4.32. The summed E-state index contributed by atoms with van der Waals surface area (Å²) < 4.78 is 0.883. The third-order valence-corrected chi connectivity index (χ3v) is 7.05. The number of imide groups is 1. The van der Waals surface area contributed by atoms with E-state index in [4.69, 9.17) is 0 Å². The normalized spacial score (nSPS) is 21.5. The lowest BCUT2D eigenvalue weighted by Crippen LogP contribution is -2.50. The minimum absolute atomic E-state index is 0.000399. The third-order valence-electron chi connectivity index (χ3n) is 6.56. The van der Waals surface area contributed by atoms with E-state index in [1.165, 1.54) is 9.80 Å². The van der Waals surface area contributed by atoms with Crippen LogP contribution >= 0.6 is 15.9 Å². The molecule has 1 saturated heterocycles. The van der Waals surface area contributed by atoms with Crippen LogP contribution in [0.3, 0.4) is 0 Å². The van der Waals surface area contributed by atoms with E-state index >= 15 is 0 Å². The first-order chi connectivity index (χ1) is 15.7. The molecule has 0 unspecified atom stereocenters. The number of rotatable bonds is 9. The Kier molecular flexibility index (Phi) is 8.46. The summed E-state index contributed by atoms with van der Waals surface area (Å²) in [5.74, 6) is -1.49. The molecule has 4 amide bonds. The summed E-state index contributed by atoms with van der Waals surface area (Å²) >= 11 is 3.45. The molecule has 0 spiro atoms. The van der Waals surface area contributed by atoms with Crippen LogP contribution in [-0.4, -0.2) is 52.1 Å². The minimum Gasteiger partial charge on any atom is -0.352 e. The van der Waals surface area contributed by atoms with Crippen LogP contribution < -0.4 is 5.32 Å². The van der Waals surface area contributed by atoms with Gasteiger partial charge < -0.3 is 10.2 Å². The average Bonchev–Trinajstić information content (AvgIpc) is 3.05. The summed E-state index contributed by atoms with van der Waals surface area (Å²) in [7, 11) is 0. The number of hydrogen-bond donors (Lipinski definition) is 1. The van der Waals surface area contributed by atoms with Gasteiger partial charge in [0.25, 0.3) is 0 Å². The van der Waals surface area contributed by atoms with Gasteiger partial charge in [-0.25, -0.2) is 0 Å². The van der Waals surface area contributed by atoms with Gasteiger partial charge >= 0.3 is 0 Å². The molecule has 1 heterocycles. The summed E-state index contributed by atoms with van der Waals surface area (Å²) in [4.78, 5) is 54.3. The summed E-state index contributed by atoms with van der Waals surface area (Å²) in [5.41, 5.74) is 0.881. The first kappa shape index (κ1) is 25.1. The Morgan fingerprint density at radius 1 is 1.15 bits per heavy atom. The molecule has 178 valence electrons. The molecule has 1 aliphatic carbocycles. The van der Waals surface area contributed by atoms with Crippen molar-refractivity contribution >= 4 is 39.6 Å². The molecule has 1 aromatic rings. The smallest absolute Gasteiger partial charge is 0.242 e. The second kappa shape index (κ2) is 11.1. The van der Waals surface area contributed by atoms with Crippen LogP contribution in [0, 0.1) is 11.8 Å². The van der Waals surface area contributed by atoms with Gasteiger partial charge in [-0.2, -0.15) is 0 Å². The maximum absolute atomic E-state index is 13.3. The van der Waals surface area contributed by atoms with Crippen LogP contribution in [0.25, 0.3) is 0 Å². The molecule has 0 radical (unpaired) electrons. The summed E-state index contributed by atoms with van der Waals surface area (Å²) in [5, 5.41) is 2.94. The van der Waals surface area contributed by atoms with Gasteiger partial charge in [0.05, 0.1) is 11.8 Å². The second-order valence-electron chi connectivity index (χ2n) is 8.88. The molecule has 1 aliphatic heterocycles. The van der Waals surface area contributed by atoms with Crippen molar-refractivity contribution in [2.45, 2.75) is 65.1 Å². The van der Waals surface area contributed by atoms with Gasteiger partial charge in [0, 0.05) is 30.0 Å². The quantitative estimate of drug-likeness (QED) is 0.401. The lowest BCUT2D eigenvalue weighted by molar-refractivity contribution is -0.143. The minimum atomic E-state index is -0.692. The van der Waals surface area contributed by atoms with Gasteiger partial charge in [0.1, 0.15) is 6.04 Å². The molecule has 3 rings (SSSR count). The highest BCUT2D eigenvalue weighted by Gasteiger charge is 2.47. The van der Waals surface area contributed by atoms with Gasteiger partial charge in [-0.05, 0) is 50.8 Å². The molecule has 0 saturated carbocycles. The van der Waals surface area contributed by atoms with E-state index < -0.39 is 6.04 Å². The third kappa shape index (κ3) is 5.91. The van der Waals surface area contributed by atoms with Crippen molar-refractivity contribution in [3.05, 3.63) is 46.5 Å². The summed E-state index contributed by atoms with van der Waals surface area (Å²) in [6, 6.07) is 6.89.